The van der Waals surface area contributed by atoms with Gasteiger partial charge in [0, 0.05) is 53.8 Å². The topological polar surface area (TPSA) is 88.0 Å². The highest BCUT2D eigenvalue weighted by Gasteiger charge is 2.46. The Morgan fingerprint density at radius 2 is 2.00 bits per heavy atom. The summed E-state index contributed by atoms with van der Waals surface area (Å²) in [6.07, 6.45) is 3.91. The van der Waals surface area contributed by atoms with Gasteiger partial charge in [0.2, 0.25) is 0 Å². The molecule has 1 unspecified atom stereocenters. The molecule has 0 aliphatic carbocycles. The number of nitrogens with one attached hydrogen (secondary N) is 1. The number of aromatic amines is 1. The second-order valence-corrected chi connectivity index (χ2v) is 10.4. The monoisotopic (exact) mass is 522 g/mol. The van der Waals surface area contributed by atoms with E-state index in [9.17, 15) is 0 Å². The van der Waals surface area contributed by atoms with Gasteiger partial charge < -0.3 is 19.5 Å². The van der Waals surface area contributed by atoms with Crippen molar-refractivity contribution in [2.45, 2.75) is 45.2 Å². The molecule has 2 atom stereocenters. The molecule has 9 nitrogen and oxygen atoms in total. The third-order valence-corrected chi connectivity index (χ3v) is 7.70. The largest absolute Gasteiger partial charge is 0.377 e. The van der Waals surface area contributed by atoms with Crippen LogP contribution in [0.3, 0.4) is 0 Å². The van der Waals surface area contributed by atoms with Crippen molar-refractivity contribution in [2.75, 3.05) is 44.8 Å². The van der Waals surface area contributed by atoms with Crippen LogP contribution in [0.5, 0.6) is 0 Å². The standard InChI is InChI=1S/C27H32F2N8O/c1-16-14-38-12-11-36(16)23-13-21(32-26(33-23)20-6-9-31-25-19(20)5-8-30-25)24-17(2)34-37(18(24)3)22-7-10-35(4)15-27(22,28)29/h5-6,8-9,13,16,22H,7,10-12,14-15H2,1-4H3,(H,30,31)/t16-,22?/m1/s1. The Morgan fingerprint density at radius 1 is 1.16 bits per heavy atom. The second kappa shape index (κ2) is 9.39. The normalized spacial score (nSPS) is 22.3. The fourth-order valence-electron chi connectivity index (χ4n) is 5.79. The van der Waals surface area contributed by atoms with Gasteiger partial charge in [-0.15, -0.1) is 0 Å². The van der Waals surface area contributed by atoms with E-state index in [1.54, 1.807) is 18.1 Å². The molecule has 6 rings (SSSR count). The first-order chi connectivity index (χ1) is 18.2. The van der Waals surface area contributed by atoms with Gasteiger partial charge in [-0.3, -0.25) is 4.68 Å². The number of halogens is 2. The number of aromatic nitrogens is 6. The van der Waals surface area contributed by atoms with Gasteiger partial charge in [0.1, 0.15) is 17.5 Å². The number of anilines is 1. The molecule has 0 bridgehead atoms. The van der Waals surface area contributed by atoms with Crippen LogP contribution in [0.15, 0.2) is 30.6 Å². The molecule has 2 saturated heterocycles. The maximum Gasteiger partial charge on any atom is 0.282 e. The van der Waals surface area contributed by atoms with Gasteiger partial charge in [0.05, 0.1) is 37.2 Å². The summed E-state index contributed by atoms with van der Waals surface area (Å²) in [5.74, 6) is -1.55. The fraction of sp³-hybridized carbons (Fsp3) is 0.481. The Kier molecular flexibility index (Phi) is 6.14. The lowest BCUT2D eigenvalue weighted by molar-refractivity contribution is -0.102. The zero-order valence-corrected chi connectivity index (χ0v) is 22.1. The van der Waals surface area contributed by atoms with Crippen molar-refractivity contribution in [3.8, 4) is 22.6 Å². The van der Waals surface area contributed by atoms with Crippen LogP contribution in [0, 0.1) is 13.8 Å². The number of fused-ring (bicyclic) bond motifs is 1. The molecular weight excluding hydrogens is 490 g/mol. The van der Waals surface area contributed by atoms with Gasteiger partial charge in [-0.25, -0.2) is 23.7 Å². The van der Waals surface area contributed by atoms with Crippen LogP contribution in [0.1, 0.15) is 30.8 Å². The number of rotatable bonds is 4. The highest BCUT2D eigenvalue weighted by molar-refractivity contribution is 5.91. The van der Waals surface area contributed by atoms with E-state index in [2.05, 4.69) is 26.9 Å². The summed E-state index contributed by atoms with van der Waals surface area (Å²) < 4.78 is 37.4. The molecule has 6 heterocycles. The van der Waals surface area contributed by atoms with Gasteiger partial charge in [-0.2, -0.15) is 5.10 Å². The highest BCUT2D eigenvalue weighted by atomic mass is 19.3. The summed E-state index contributed by atoms with van der Waals surface area (Å²) in [6.45, 7) is 8.06. The number of nitrogens with zero attached hydrogens (tertiary/aromatic N) is 7. The Bertz CT molecular complexity index is 1480. The molecule has 0 aromatic carbocycles. The highest BCUT2D eigenvalue weighted by Crippen LogP contribution is 2.40. The van der Waals surface area contributed by atoms with Crippen molar-refractivity contribution in [1.82, 2.24) is 34.6 Å². The quantitative estimate of drug-likeness (QED) is 0.429. The van der Waals surface area contributed by atoms with Crippen molar-refractivity contribution >= 4 is 16.9 Å². The first kappa shape index (κ1) is 24.9. The van der Waals surface area contributed by atoms with E-state index in [1.807, 2.05) is 38.2 Å². The minimum atomic E-state index is -2.88. The van der Waals surface area contributed by atoms with E-state index in [0.717, 1.165) is 28.0 Å². The molecule has 4 aromatic heterocycles. The van der Waals surface area contributed by atoms with Crippen molar-refractivity contribution in [3.63, 3.8) is 0 Å². The van der Waals surface area contributed by atoms with Crippen molar-refractivity contribution < 1.29 is 13.5 Å². The van der Waals surface area contributed by atoms with Gasteiger partial charge in [-0.1, -0.05) is 0 Å². The van der Waals surface area contributed by atoms with Gasteiger partial charge >= 0.3 is 0 Å². The van der Waals surface area contributed by atoms with Gasteiger partial charge in [0.15, 0.2) is 5.82 Å². The number of likely N-dealkylation sites (tertiary alicyclic amines) is 1. The third-order valence-electron chi connectivity index (χ3n) is 7.70. The molecule has 0 saturated carbocycles. The number of hydrogen-bond acceptors (Lipinski definition) is 7. The predicted molar refractivity (Wildman–Crippen MR) is 142 cm³/mol. The molecular formula is C27H32F2N8O. The zero-order valence-electron chi connectivity index (χ0n) is 22.1. The maximum absolute atomic E-state index is 15.1. The summed E-state index contributed by atoms with van der Waals surface area (Å²) in [4.78, 5) is 21.4. The fourth-order valence-corrected chi connectivity index (χ4v) is 5.79. The van der Waals surface area contributed by atoms with Crippen LogP contribution >= 0.6 is 0 Å². The van der Waals surface area contributed by atoms with E-state index >= 15 is 8.78 Å². The number of pyridine rings is 1. The molecule has 2 fully saturated rings. The smallest absolute Gasteiger partial charge is 0.282 e. The second-order valence-electron chi connectivity index (χ2n) is 10.4. The minimum Gasteiger partial charge on any atom is -0.377 e. The Balaban J connectivity index is 1.51. The number of piperidine rings is 1. The number of H-pyrrole nitrogens is 1. The van der Waals surface area contributed by atoms with E-state index < -0.39 is 12.0 Å². The van der Waals surface area contributed by atoms with Crippen LogP contribution < -0.4 is 4.90 Å². The van der Waals surface area contributed by atoms with Crippen LogP contribution in [-0.2, 0) is 4.74 Å². The Morgan fingerprint density at radius 3 is 2.79 bits per heavy atom. The SMILES string of the molecule is Cc1nn(C2CCN(C)CC2(F)F)c(C)c1-c1cc(N2CCOC[C@H]2C)nc(-c2ccnc3[nH]ccc23)n1. The maximum atomic E-state index is 15.1. The van der Waals surface area contributed by atoms with Gasteiger partial charge in [0.25, 0.3) is 5.92 Å². The summed E-state index contributed by atoms with van der Waals surface area (Å²) >= 11 is 0. The minimum absolute atomic E-state index is 0.131. The molecule has 2 aliphatic heterocycles. The summed E-state index contributed by atoms with van der Waals surface area (Å²) in [6, 6.07) is 4.96. The molecule has 11 heteroatoms. The van der Waals surface area contributed by atoms with Crippen molar-refractivity contribution in [3.05, 3.63) is 42.0 Å². The third kappa shape index (κ3) is 4.23. The molecule has 4 aromatic rings. The molecule has 2 aliphatic rings. The summed E-state index contributed by atoms with van der Waals surface area (Å²) in [5.41, 5.74) is 4.40. The van der Waals surface area contributed by atoms with Crippen LogP contribution in [-0.4, -0.2) is 86.5 Å². The Labute approximate surface area is 219 Å². The van der Waals surface area contributed by atoms with Gasteiger partial charge in [-0.05, 0) is 46.4 Å². The number of hydrogen-bond donors (Lipinski definition) is 1. The lowest BCUT2D eigenvalue weighted by Gasteiger charge is -2.37. The number of ether oxygens (including phenoxy) is 1. The van der Waals surface area contributed by atoms with Crippen LogP contribution in [0.4, 0.5) is 14.6 Å². The number of morpholine rings is 1. The molecule has 0 amide bonds. The number of aryl methyl sites for hydroxylation is 1. The molecule has 0 radical (unpaired) electrons. The van der Waals surface area contributed by atoms with Crippen LogP contribution in [0.2, 0.25) is 0 Å². The molecule has 38 heavy (non-hydrogen) atoms. The van der Waals surface area contributed by atoms with Crippen molar-refractivity contribution in [1.29, 1.82) is 0 Å². The molecule has 200 valence electrons. The Hall–Kier alpha value is -3.44. The lowest BCUT2D eigenvalue weighted by Crippen LogP contribution is -2.48. The first-order valence-corrected chi connectivity index (χ1v) is 13.0. The predicted octanol–water partition coefficient (Wildman–Crippen LogP) is 4.24. The molecule has 1 N–H and O–H groups in total. The van der Waals surface area contributed by atoms with E-state index in [0.29, 0.717) is 55.6 Å². The average Bonchev–Trinajstić information content (AvgIpc) is 3.47. The summed E-state index contributed by atoms with van der Waals surface area (Å²) in [7, 11) is 1.73. The van der Waals surface area contributed by atoms with E-state index in [-0.39, 0.29) is 12.6 Å². The lowest BCUT2D eigenvalue weighted by atomic mass is 10.0. The number of alkyl halides is 2. The van der Waals surface area contributed by atoms with Crippen molar-refractivity contribution in [2.24, 2.45) is 0 Å². The van der Waals surface area contributed by atoms with E-state index in [4.69, 9.17) is 14.7 Å². The summed E-state index contributed by atoms with van der Waals surface area (Å²) in [5, 5.41) is 5.56. The van der Waals surface area contributed by atoms with E-state index in [1.165, 1.54) is 4.68 Å². The zero-order chi connectivity index (χ0) is 26.6. The van der Waals surface area contributed by atoms with Crippen LogP contribution in [0.25, 0.3) is 33.7 Å². The first-order valence-electron chi connectivity index (χ1n) is 13.0. The average molecular weight is 523 g/mol. The molecule has 0 spiro atoms.